The maximum absolute atomic E-state index is 2.40. The molecule has 0 aromatic rings. The van der Waals surface area contributed by atoms with Crippen molar-refractivity contribution in [3.63, 3.8) is 0 Å². The summed E-state index contributed by atoms with van der Waals surface area (Å²) in [6, 6.07) is 0. The average Bonchev–Trinajstić information content (AvgIpc) is 0.722. The van der Waals surface area contributed by atoms with Gasteiger partial charge in [-0.1, -0.05) is 0 Å². The van der Waals surface area contributed by atoms with E-state index >= 15 is 0 Å². The molecule has 0 amide bonds. The number of hydrogen-bond donors (Lipinski definition) is 0. The van der Waals surface area contributed by atoms with Crippen molar-refractivity contribution < 1.29 is 12.4 Å². The second-order valence-electron chi connectivity index (χ2n) is 2.68. The molecule has 0 radical (unpaired) electrons. The molecule has 0 aromatic carbocycles. The average molecular weight is 305 g/mol. The van der Waals surface area contributed by atoms with Crippen LogP contribution in [-0.2, 0) is 0 Å². The van der Waals surface area contributed by atoms with Crippen molar-refractivity contribution in [3.05, 3.63) is 0 Å². The quantitative estimate of drug-likeness (QED) is 0.502. The molecule has 0 atom stereocenters. The second-order valence-corrected chi connectivity index (χ2v) is 23.5. The fraction of sp³-hybridized carbons (Fsp3) is 1.00. The molecule has 0 aromatic heterocycles. The largest absolute Gasteiger partial charge is 1.00 e. The van der Waals surface area contributed by atoms with Crippen LogP contribution in [0.2, 0.25) is 18.5 Å². The van der Waals surface area contributed by atoms with Gasteiger partial charge in [-0.25, -0.2) is 0 Å². The van der Waals surface area contributed by atoms with Gasteiger partial charge >= 0.3 is 38.8 Å². The molecule has 40 valence electrons. The maximum atomic E-state index is 2.40. The summed E-state index contributed by atoms with van der Waals surface area (Å²) < 4.78 is 9.61. The Labute approximate surface area is 51.1 Å². The van der Waals surface area contributed by atoms with E-state index in [0.29, 0.717) is 0 Å². The summed E-state index contributed by atoms with van der Waals surface area (Å²) in [6.07, 6.45) is 0. The van der Waals surface area contributed by atoms with E-state index in [1.54, 1.807) is 0 Å². The second kappa shape index (κ2) is 3.21. The molecule has 0 spiro atoms. The zero-order valence-corrected chi connectivity index (χ0v) is 9.06. The fourth-order valence-electron chi connectivity index (χ4n) is 0. The first-order valence-corrected chi connectivity index (χ1v) is 15.7. The van der Waals surface area contributed by atoms with Gasteiger partial charge in [-0.05, 0) is 0 Å². The standard InChI is InChI=1S/4CH3.Bi.ClH/h4*1H3;;1H/q;;;;+1;/p-1. The van der Waals surface area contributed by atoms with E-state index in [1.807, 2.05) is 0 Å². The Morgan fingerprint density at radius 3 is 0.833 bits per heavy atom. The van der Waals surface area contributed by atoms with Gasteiger partial charge in [-0.2, -0.15) is 0 Å². The Morgan fingerprint density at radius 1 is 0.833 bits per heavy atom. The van der Waals surface area contributed by atoms with Gasteiger partial charge in [0.15, 0.2) is 0 Å². The molecule has 0 heterocycles. The molecule has 0 aliphatic rings. The SMILES string of the molecule is [CH3][Bi+]([CH3])([CH3])[CH3].[Cl-]. The van der Waals surface area contributed by atoms with Gasteiger partial charge < -0.3 is 12.4 Å². The Morgan fingerprint density at radius 2 is 0.833 bits per heavy atom. The molecular formula is C4H12BiCl. The molecule has 0 saturated heterocycles. The van der Waals surface area contributed by atoms with Gasteiger partial charge in [-0.3, -0.25) is 0 Å². The summed E-state index contributed by atoms with van der Waals surface area (Å²) in [7, 11) is 0. The molecule has 0 nitrogen and oxygen atoms in total. The molecule has 0 unspecified atom stereocenters. The molecule has 0 rings (SSSR count). The van der Waals surface area contributed by atoms with Gasteiger partial charge in [-0.15, -0.1) is 0 Å². The van der Waals surface area contributed by atoms with E-state index in [1.165, 1.54) is 0 Å². The van der Waals surface area contributed by atoms with E-state index in [2.05, 4.69) is 18.5 Å². The molecule has 6 heavy (non-hydrogen) atoms. The van der Waals surface area contributed by atoms with E-state index in [-0.39, 0.29) is 12.4 Å². The molecule has 0 fully saturated rings. The Kier molecular flexibility index (Phi) is 5.47. The van der Waals surface area contributed by atoms with Crippen molar-refractivity contribution >= 4 is 20.3 Å². The van der Waals surface area contributed by atoms with Crippen LogP contribution in [0.1, 0.15) is 0 Å². The molecule has 0 N–H and O–H groups in total. The molecule has 0 bridgehead atoms. The predicted molar refractivity (Wildman–Crippen MR) is 29.2 cm³/mol. The third-order valence-electron chi connectivity index (χ3n) is 0. The van der Waals surface area contributed by atoms with Crippen LogP contribution in [0.3, 0.4) is 0 Å². The number of hydrogen-bond acceptors (Lipinski definition) is 0. The summed E-state index contributed by atoms with van der Waals surface area (Å²) in [5.41, 5.74) is 0. The van der Waals surface area contributed by atoms with Crippen molar-refractivity contribution in [1.29, 1.82) is 0 Å². The van der Waals surface area contributed by atoms with Gasteiger partial charge in [0.05, 0.1) is 0 Å². The fourth-order valence-corrected chi connectivity index (χ4v) is 0. The van der Waals surface area contributed by atoms with Crippen LogP contribution in [0, 0.1) is 0 Å². The molecular weight excluding hydrogens is 292 g/mol. The summed E-state index contributed by atoms with van der Waals surface area (Å²) in [4.78, 5) is 0. The first-order chi connectivity index (χ1) is 2.00. The van der Waals surface area contributed by atoms with Gasteiger partial charge in [0.1, 0.15) is 0 Å². The summed E-state index contributed by atoms with van der Waals surface area (Å²) in [5.74, 6) is 0. The molecule has 0 saturated carbocycles. The van der Waals surface area contributed by atoms with Gasteiger partial charge in [0.2, 0.25) is 0 Å². The third kappa shape index (κ3) is 65.5. The van der Waals surface area contributed by atoms with Crippen LogP contribution >= 0.6 is 0 Å². The predicted octanol–water partition coefficient (Wildman–Crippen LogP) is -1.04. The third-order valence-corrected chi connectivity index (χ3v) is 0. The number of halogens is 1. The van der Waals surface area contributed by atoms with Crippen LogP contribution < -0.4 is 12.4 Å². The van der Waals surface area contributed by atoms with Crippen LogP contribution in [0.5, 0.6) is 0 Å². The van der Waals surface area contributed by atoms with Crippen molar-refractivity contribution in [2.45, 2.75) is 18.5 Å². The van der Waals surface area contributed by atoms with Gasteiger partial charge in [0, 0.05) is 0 Å². The normalized spacial score (nSPS) is 10.0. The first-order valence-electron chi connectivity index (χ1n) is 1.79. The number of rotatable bonds is 0. The molecule has 0 aliphatic carbocycles. The van der Waals surface area contributed by atoms with Crippen LogP contribution in [0.25, 0.3) is 0 Å². The van der Waals surface area contributed by atoms with Crippen molar-refractivity contribution in [3.8, 4) is 0 Å². The van der Waals surface area contributed by atoms with Crippen molar-refractivity contribution in [2.24, 2.45) is 0 Å². The topological polar surface area (TPSA) is 0 Å². The zero-order valence-electron chi connectivity index (χ0n) is 4.83. The minimum absolute atomic E-state index is 0. The van der Waals surface area contributed by atoms with E-state index in [9.17, 15) is 0 Å². The summed E-state index contributed by atoms with van der Waals surface area (Å²) in [6.45, 7) is 0. The minimum Gasteiger partial charge on any atom is -1.00 e. The minimum atomic E-state index is -1.22. The van der Waals surface area contributed by atoms with Gasteiger partial charge in [0.25, 0.3) is 0 Å². The smallest absolute Gasteiger partial charge is 1.00 e. The van der Waals surface area contributed by atoms with Crippen LogP contribution in [0.15, 0.2) is 0 Å². The summed E-state index contributed by atoms with van der Waals surface area (Å²) >= 11 is -1.22. The summed E-state index contributed by atoms with van der Waals surface area (Å²) in [5, 5.41) is 0. The molecule has 2 heteroatoms. The van der Waals surface area contributed by atoms with E-state index < -0.39 is 20.3 Å². The van der Waals surface area contributed by atoms with E-state index in [0.717, 1.165) is 0 Å². The Balaban J connectivity index is 0. The monoisotopic (exact) mass is 304 g/mol. The van der Waals surface area contributed by atoms with E-state index in [4.69, 9.17) is 0 Å². The Bertz CT molecular complexity index is 23.0. The molecule has 0 aliphatic heterocycles. The first kappa shape index (κ1) is 10.2. The zero-order chi connectivity index (χ0) is 4.50. The van der Waals surface area contributed by atoms with Crippen LogP contribution in [-0.4, -0.2) is 20.3 Å². The Hall–Kier alpha value is 1.17. The van der Waals surface area contributed by atoms with Crippen LogP contribution in [0.4, 0.5) is 0 Å². The maximum Gasteiger partial charge on any atom is -1.00 e. The van der Waals surface area contributed by atoms with Crippen molar-refractivity contribution in [1.82, 2.24) is 0 Å². The van der Waals surface area contributed by atoms with Crippen molar-refractivity contribution in [2.75, 3.05) is 0 Å².